The molecule has 3 atom stereocenters. The Labute approximate surface area is 220 Å². The number of carbonyl (C=O) groups is 3. The fourth-order valence-corrected chi connectivity index (χ4v) is 3.49. The molecule has 0 aromatic carbocycles. The fourth-order valence-electron chi connectivity index (χ4n) is 3.49. The lowest BCUT2D eigenvalue weighted by Gasteiger charge is -2.18. The molecule has 0 spiro atoms. The smallest absolute Gasteiger partial charge is 0.310 e. The van der Waals surface area contributed by atoms with E-state index in [2.05, 4.69) is 41.5 Å². The normalized spacial score (nSPS) is 14.2. The van der Waals surface area contributed by atoms with Crippen molar-refractivity contribution in [3.05, 3.63) is 24.3 Å². The Bertz CT molecular complexity index is 652. The zero-order valence-electron chi connectivity index (χ0n) is 23.8. The largest absolute Gasteiger partial charge is 0.462 e. The molecular weight excluding hydrogens is 456 g/mol. The average Bonchev–Trinajstić information content (AvgIpc) is 2.83. The lowest BCUT2D eigenvalue weighted by Crippen LogP contribution is -2.30. The van der Waals surface area contributed by atoms with E-state index in [9.17, 15) is 14.4 Å². The molecule has 0 saturated heterocycles. The predicted octanol–water partition coefficient (Wildman–Crippen LogP) is 7.36. The first-order chi connectivity index (χ1) is 17.2. The molecule has 6 heteroatoms. The number of allylic oxidation sites excluding steroid dienone is 2. The van der Waals surface area contributed by atoms with Crippen LogP contribution in [0, 0.1) is 17.8 Å². The van der Waals surface area contributed by atoms with Gasteiger partial charge in [-0.2, -0.15) is 0 Å². The van der Waals surface area contributed by atoms with Crippen LogP contribution in [0.3, 0.4) is 0 Å². The second kappa shape index (κ2) is 22.1. The Morgan fingerprint density at radius 2 is 1.36 bits per heavy atom. The molecule has 0 aromatic rings. The zero-order valence-corrected chi connectivity index (χ0v) is 23.8. The summed E-state index contributed by atoms with van der Waals surface area (Å²) < 4.78 is 16.1. The molecule has 208 valence electrons. The molecule has 0 amide bonds. The highest BCUT2D eigenvalue weighted by Crippen LogP contribution is 2.14. The van der Waals surface area contributed by atoms with Crippen molar-refractivity contribution in [1.29, 1.82) is 0 Å². The van der Waals surface area contributed by atoms with Crippen molar-refractivity contribution in [2.24, 2.45) is 17.8 Å². The molecular formula is C30H52O6. The topological polar surface area (TPSA) is 78.9 Å². The summed E-state index contributed by atoms with van der Waals surface area (Å²) in [7, 11) is 0. The van der Waals surface area contributed by atoms with Crippen molar-refractivity contribution in [3.8, 4) is 0 Å². The van der Waals surface area contributed by atoms with Gasteiger partial charge in [0, 0.05) is 6.42 Å². The maximum Gasteiger partial charge on any atom is 0.310 e. The van der Waals surface area contributed by atoms with Crippen LogP contribution in [0.25, 0.3) is 0 Å². The van der Waals surface area contributed by atoms with Crippen LogP contribution in [0.5, 0.6) is 0 Å². The van der Waals surface area contributed by atoms with E-state index in [-0.39, 0.29) is 32.0 Å². The van der Waals surface area contributed by atoms with Crippen molar-refractivity contribution in [3.63, 3.8) is 0 Å². The molecule has 0 aromatic heterocycles. The number of carbonyl (C=O) groups excluding carboxylic acids is 3. The molecule has 0 aliphatic carbocycles. The summed E-state index contributed by atoms with van der Waals surface area (Å²) in [6.07, 6.45) is 15.4. The second-order valence-corrected chi connectivity index (χ2v) is 10.3. The van der Waals surface area contributed by atoms with Gasteiger partial charge >= 0.3 is 17.9 Å². The average molecular weight is 509 g/mol. The standard InChI is InChI=1S/C30H52O6/c1-7-15-26(6)18-14-21-29(32)35-23-27(36-30(33)20-13-12-17-25(5)8-2)22-34-28(31)19-11-9-10-16-24(3)4/h9,11-13,24-27H,7-8,10,14-23H2,1-6H3/b11-9+,13-12+. The van der Waals surface area contributed by atoms with E-state index in [1.807, 2.05) is 12.2 Å². The zero-order chi connectivity index (χ0) is 27.2. The van der Waals surface area contributed by atoms with Gasteiger partial charge in [-0.25, -0.2) is 0 Å². The van der Waals surface area contributed by atoms with Crippen molar-refractivity contribution >= 4 is 17.9 Å². The molecule has 0 heterocycles. The summed E-state index contributed by atoms with van der Waals surface area (Å²) >= 11 is 0. The van der Waals surface area contributed by atoms with E-state index in [0.29, 0.717) is 24.2 Å². The molecule has 0 saturated carbocycles. The molecule has 0 rings (SSSR count). The van der Waals surface area contributed by atoms with Crippen LogP contribution in [0.2, 0.25) is 0 Å². The first-order valence-electron chi connectivity index (χ1n) is 14.0. The molecule has 0 fully saturated rings. The highest BCUT2D eigenvalue weighted by Gasteiger charge is 2.19. The van der Waals surface area contributed by atoms with Gasteiger partial charge in [-0.15, -0.1) is 0 Å². The molecule has 0 N–H and O–H groups in total. The van der Waals surface area contributed by atoms with E-state index >= 15 is 0 Å². The molecule has 0 bridgehead atoms. The van der Waals surface area contributed by atoms with Gasteiger partial charge < -0.3 is 14.2 Å². The van der Waals surface area contributed by atoms with E-state index in [4.69, 9.17) is 14.2 Å². The number of hydrogen-bond acceptors (Lipinski definition) is 6. The SMILES string of the molecule is CCCC(C)CCCC(=O)OCC(COC(=O)C/C=C/CCC(C)C)OC(=O)C/C=C/CC(C)CC. The van der Waals surface area contributed by atoms with Crippen molar-refractivity contribution in [2.45, 2.75) is 118 Å². The van der Waals surface area contributed by atoms with E-state index in [0.717, 1.165) is 51.4 Å². The summed E-state index contributed by atoms with van der Waals surface area (Å²) in [6, 6.07) is 0. The highest BCUT2D eigenvalue weighted by atomic mass is 16.6. The first-order valence-corrected chi connectivity index (χ1v) is 14.0. The van der Waals surface area contributed by atoms with Crippen LogP contribution >= 0.6 is 0 Å². The summed E-state index contributed by atoms with van der Waals surface area (Å²) in [5, 5.41) is 0. The fraction of sp³-hybridized carbons (Fsp3) is 0.767. The summed E-state index contributed by atoms with van der Waals surface area (Å²) in [4.78, 5) is 36.6. The number of rotatable bonds is 21. The van der Waals surface area contributed by atoms with Crippen LogP contribution < -0.4 is 0 Å². The molecule has 36 heavy (non-hydrogen) atoms. The second-order valence-electron chi connectivity index (χ2n) is 10.3. The van der Waals surface area contributed by atoms with Gasteiger partial charge in [0.05, 0.1) is 12.8 Å². The molecule has 0 aliphatic rings. The maximum absolute atomic E-state index is 12.3. The van der Waals surface area contributed by atoms with Crippen molar-refractivity contribution < 1.29 is 28.6 Å². The first kappa shape index (κ1) is 33.9. The number of ether oxygens (including phenoxy) is 3. The van der Waals surface area contributed by atoms with E-state index in [1.54, 1.807) is 12.2 Å². The van der Waals surface area contributed by atoms with Gasteiger partial charge in [0.1, 0.15) is 13.2 Å². The van der Waals surface area contributed by atoms with Gasteiger partial charge in [-0.1, -0.05) is 91.5 Å². The minimum atomic E-state index is -0.822. The van der Waals surface area contributed by atoms with Gasteiger partial charge in [0.15, 0.2) is 6.10 Å². The van der Waals surface area contributed by atoms with Gasteiger partial charge in [0.2, 0.25) is 0 Å². The van der Waals surface area contributed by atoms with Crippen molar-refractivity contribution in [2.75, 3.05) is 13.2 Å². The van der Waals surface area contributed by atoms with Gasteiger partial charge in [0.25, 0.3) is 0 Å². The van der Waals surface area contributed by atoms with Gasteiger partial charge in [-0.3, -0.25) is 14.4 Å². The van der Waals surface area contributed by atoms with Crippen LogP contribution in [0.15, 0.2) is 24.3 Å². The lowest BCUT2D eigenvalue weighted by molar-refractivity contribution is -0.166. The summed E-state index contributed by atoms with van der Waals surface area (Å²) in [5.41, 5.74) is 0. The Hall–Kier alpha value is -2.11. The monoisotopic (exact) mass is 508 g/mol. The third kappa shape index (κ3) is 21.2. The molecule has 3 unspecified atom stereocenters. The molecule has 0 aliphatic heterocycles. The Morgan fingerprint density at radius 1 is 0.722 bits per heavy atom. The summed E-state index contributed by atoms with van der Waals surface area (Å²) in [5.74, 6) is 0.602. The minimum Gasteiger partial charge on any atom is -0.462 e. The van der Waals surface area contributed by atoms with Crippen LogP contribution in [-0.4, -0.2) is 37.2 Å². The van der Waals surface area contributed by atoms with E-state index in [1.165, 1.54) is 0 Å². The molecule has 6 nitrogen and oxygen atoms in total. The maximum atomic E-state index is 12.3. The van der Waals surface area contributed by atoms with Crippen molar-refractivity contribution in [1.82, 2.24) is 0 Å². The minimum absolute atomic E-state index is 0.122. The Balaban J connectivity index is 4.65. The number of esters is 3. The third-order valence-corrected chi connectivity index (χ3v) is 6.07. The third-order valence-electron chi connectivity index (χ3n) is 6.07. The van der Waals surface area contributed by atoms with Crippen LogP contribution in [0.4, 0.5) is 0 Å². The predicted molar refractivity (Wildman–Crippen MR) is 145 cm³/mol. The lowest BCUT2D eigenvalue weighted by atomic mass is 9.99. The Morgan fingerprint density at radius 3 is 2.00 bits per heavy atom. The number of hydrogen-bond donors (Lipinski definition) is 0. The van der Waals surface area contributed by atoms with Crippen LogP contribution in [0.1, 0.15) is 112 Å². The van der Waals surface area contributed by atoms with Crippen LogP contribution in [-0.2, 0) is 28.6 Å². The van der Waals surface area contributed by atoms with Gasteiger partial charge in [-0.05, 0) is 43.4 Å². The highest BCUT2D eigenvalue weighted by molar-refractivity contribution is 5.72. The van der Waals surface area contributed by atoms with E-state index < -0.39 is 18.0 Å². The summed E-state index contributed by atoms with van der Waals surface area (Å²) in [6.45, 7) is 12.7. The molecule has 0 radical (unpaired) electrons. The quantitative estimate of drug-likeness (QED) is 0.0915. The Kier molecular flexibility index (Phi) is 20.8.